The van der Waals surface area contributed by atoms with Gasteiger partial charge in [-0.3, -0.25) is 15.1 Å². The molecule has 1 fully saturated rings. The third-order valence-electron chi connectivity index (χ3n) is 2.64. The highest BCUT2D eigenvalue weighted by atomic mass is 19.1. The molecule has 1 unspecified atom stereocenters. The molecule has 2 rings (SSSR count). The third-order valence-corrected chi connectivity index (χ3v) is 2.64. The Kier molecular flexibility index (Phi) is 4.06. The van der Waals surface area contributed by atoms with Crippen molar-refractivity contribution in [1.82, 2.24) is 10.6 Å². The van der Waals surface area contributed by atoms with Crippen LogP contribution in [-0.4, -0.2) is 32.1 Å². The van der Waals surface area contributed by atoms with E-state index in [-0.39, 0.29) is 11.5 Å². The Morgan fingerprint density at radius 3 is 2.68 bits per heavy atom. The first-order valence-electron chi connectivity index (χ1n) is 5.68. The third kappa shape index (κ3) is 2.87. The molecular formula is C12H13F2N3O2. The van der Waals surface area contributed by atoms with E-state index in [2.05, 4.69) is 15.6 Å². The minimum Gasteiger partial charge on any atom is -0.383 e. The Balaban J connectivity index is 2.18. The second-order valence-corrected chi connectivity index (χ2v) is 3.93. The molecule has 102 valence electrons. The summed E-state index contributed by atoms with van der Waals surface area (Å²) in [5, 5.41) is 5.08. The monoisotopic (exact) mass is 269 g/mol. The van der Waals surface area contributed by atoms with Gasteiger partial charge >= 0.3 is 0 Å². The second-order valence-electron chi connectivity index (χ2n) is 3.93. The van der Waals surface area contributed by atoms with Crippen molar-refractivity contribution in [1.29, 1.82) is 0 Å². The molecule has 0 saturated carbocycles. The Morgan fingerprint density at radius 1 is 1.37 bits per heavy atom. The zero-order chi connectivity index (χ0) is 13.8. The first kappa shape index (κ1) is 13.4. The van der Waals surface area contributed by atoms with Crippen LogP contribution in [-0.2, 0) is 9.53 Å². The lowest BCUT2D eigenvalue weighted by Crippen LogP contribution is -2.26. The molecule has 0 radical (unpaired) electrons. The average Bonchev–Trinajstić information content (AvgIpc) is 2.71. The quantitative estimate of drug-likeness (QED) is 0.792. The topological polar surface area (TPSA) is 62.7 Å². The summed E-state index contributed by atoms with van der Waals surface area (Å²) in [6.45, 7) is 0.728. The summed E-state index contributed by atoms with van der Waals surface area (Å²) in [7, 11) is 1.53. The van der Waals surface area contributed by atoms with E-state index in [0.717, 1.165) is 12.1 Å². The number of methoxy groups -OCH3 is 1. The van der Waals surface area contributed by atoms with Crippen molar-refractivity contribution in [2.45, 2.75) is 6.04 Å². The predicted molar refractivity (Wildman–Crippen MR) is 64.6 cm³/mol. The summed E-state index contributed by atoms with van der Waals surface area (Å²) in [4.78, 5) is 15.7. The smallest absolute Gasteiger partial charge is 0.254 e. The number of nitrogens with zero attached hydrogens (tertiary/aromatic N) is 1. The molecule has 0 aromatic heterocycles. The number of carbonyl (C=O) groups is 1. The number of halogens is 2. The maximum absolute atomic E-state index is 13.6. The number of hydrogen-bond acceptors (Lipinski definition) is 3. The molecule has 19 heavy (non-hydrogen) atoms. The van der Waals surface area contributed by atoms with E-state index in [4.69, 9.17) is 4.74 Å². The molecular weight excluding hydrogens is 256 g/mol. The Bertz CT molecular complexity index is 499. The van der Waals surface area contributed by atoms with Crippen molar-refractivity contribution in [3.63, 3.8) is 0 Å². The standard InChI is InChI=1S/C12H13F2N3O2/c1-19-6-5-15-12-16-10(11(18)17-12)9-7(13)3-2-4-8(9)14/h2-4,10H,5-6H2,1H3,(H2,15,16,17,18). The van der Waals surface area contributed by atoms with E-state index in [1.54, 1.807) is 0 Å². The van der Waals surface area contributed by atoms with Crippen LogP contribution in [0.3, 0.4) is 0 Å². The maximum Gasteiger partial charge on any atom is 0.254 e. The van der Waals surface area contributed by atoms with Crippen molar-refractivity contribution in [3.05, 3.63) is 35.4 Å². The van der Waals surface area contributed by atoms with Crippen LogP contribution in [0.4, 0.5) is 8.78 Å². The molecule has 1 aliphatic rings. The van der Waals surface area contributed by atoms with Crippen LogP contribution >= 0.6 is 0 Å². The van der Waals surface area contributed by atoms with E-state index in [9.17, 15) is 13.6 Å². The number of amides is 1. The number of hydrogen-bond donors (Lipinski definition) is 2. The Labute approximate surface area is 108 Å². The number of benzene rings is 1. The lowest BCUT2D eigenvalue weighted by Gasteiger charge is -2.10. The largest absolute Gasteiger partial charge is 0.383 e. The number of aliphatic imine (C=N–C) groups is 1. The van der Waals surface area contributed by atoms with Gasteiger partial charge in [0, 0.05) is 7.11 Å². The van der Waals surface area contributed by atoms with Crippen LogP contribution in [0, 0.1) is 11.6 Å². The van der Waals surface area contributed by atoms with Crippen molar-refractivity contribution in [2.24, 2.45) is 4.99 Å². The van der Waals surface area contributed by atoms with Gasteiger partial charge in [0.25, 0.3) is 5.91 Å². The van der Waals surface area contributed by atoms with Gasteiger partial charge in [-0.25, -0.2) is 8.78 Å². The van der Waals surface area contributed by atoms with Gasteiger partial charge in [-0.2, -0.15) is 0 Å². The van der Waals surface area contributed by atoms with Crippen molar-refractivity contribution < 1.29 is 18.3 Å². The number of carbonyl (C=O) groups excluding carboxylic acids is 1. The van der Waals surface area contributed by atoms with Crippen LogP contribution in [0.25, 0.3) is 0 Å². The molecule has 1 aliphatic heterocycles. The fraction of sp³-hybridized carbons (Fsp3) is 0.333. The van der Waals surface area contributed by atoms with Crippen LogP contribution in [0.2, 0.25) is 0 Å². The SMILES string of the molecule is COCCN=C1NC(=O)C(c2c(F)cccc2F)N1. The molecule has 7 heteroatoms. The van der Waals surface area contributed by atoms with Gasteiger partial charge in [0.15, 0.2) is 5.96 Å². The number of guanidine groups is 1. The second kappa shape index (κ2) is 5.75. The number of nitrogens with one attached hydrogen (secondary N) is 2. The molecule has 5 nitrogen and oxygen atoms in total. The fourth-order valence-corrected chi connectivity index (χ4v) is 1.75. The summed E-state index contributed by atoms with van der Waals surface area (Å²) in [6, 6.07) is 2.35. The number of rotatable bonds is 4. The van der Waals surface area contributed by atoms with Crippen molar-refractivity contribution >= 4 is 11.9 Å². The maximum atomic E-state index is 13.6. The van der Waals surface area contributed by atoms with E-state index >= 15 is 0 Å². The minimum absolute atomic E-state index is 0.190. The van der Waals surface area contributed by atoms with Gasteiger partial charge in [0.2, 0.25) is 0 Å². The van der Waals surface area contributed by atoms with E-state index in [1.165, 1.54) is 13.2 Å². The predicted octanol–water partition coefficient (Wildman–Crippen LogP) is 0.728. The van der Waals surface area contributed by atoms with Gasteiger partial charge in [0.05, 0.1) is 18.7 Å². The van der Waals surface area contributed by atoms with Crippen LogP contribution in [0.1, 0.15) is 11.6 Å². The van der Waals surface area contributed by atoms with Gasteiger partial charge in [0.1, 0.15) is 17.7 Å². The van der Waals surface area contributed by atoms with Gasteiger partial charge in [-0.1, -0.05) is 6.07 Å². The van der Waals surface area contributed by atoms with Crippen LogP contribution in [0.5, 0.6) is 0 Å². The lowest BCUT2D eigenvalue weighted by atomic mass is 10.1. The molecule has 0 aliphatic carbocycles. The Morgan fingerprint density at radius 2 is 2.05 bits per heavy atom. The van der Waals surface area contributed by atoms with Crippen LogP contribution < -0.4 is 10.6 Å². The fourth-order valence-electron chi connectivity index (χ4n) is 1.75. The normalized spacial score (nSPS) is 20.5. The molecule has 0 spiro atoms. The zero-order valence-electron chi connectivity index (χ0n) is 10.2. The van der Waals surface area contributed by atoms with E-state index in [0.29, 0.717) is 13.2 Å². The summed E-state index contributed by atoms with van der Waals surface area (Å²) in [5.41, 5.74) is -0.308. The first-order valence-corrected chi connectivity index (χ1v) is 5.68. The number of ether oxygens (including phenoxy) is 1. The molecule has 2 N–H and O–H groups in total. The van der Waals surface area contributed by atoms with E-state index < -0.39 is 23.6 Å². The lowest BCUT2D eigenvalue weighted by molar-refractivity contribution is -0.120. The molecule has 1 atom stereocenters. The van der Waals surface area contributed by atoms with Crippen LogP contribution in [0.15, 0.2) is 23.2 Å². The molecule has 0 bridgehead atoms. The molecule has 1 aromatic carbocycles. The Hall–Kier alpha value is -2.02. The van der Waals surface area contributed by atoms with Gasteiger partial charge in [-0.15, -0.1) is 0 Å². The highest BCUT2D eigenvalue weighted by Crippen LogP contribution is 2.22. The van der Waals surface area contributed by atoms with Crippen molar-refractivity contribution in [2.75, 3.05) is 20.3 Å². The average molecular weight is 269 g/mol. The molecule has 1 aromatic rings. The van der Waals surface area contributed by atoms with Gasteiger partial charge in [-0.05, 0) is 12.1 Å². The molecule has 1 saturated heterocycles. The minimum atomic E-state index is -1.11. The summed E-state index contributed by atoms with van der Waals surface area (Å²) in [6.07, 6.45) is 0. The summed E-state index contributed by atoms with van der Waals surface area (Å²) in [5.74, 6) is -1.90. The highest BCUT2D eigenvalue weighted by molar-refractivity contribution is 6.06. The molecule has 1 heterocycles. The van der Waals surface area contributed by atoms with E-state index in [1.807, 2.05) is 0 Å². The molecule has 1 amide bonds. The summed E-state index contributed by atoms with van der Waals surface area (Å²) < 4.78 is 32.0. The summed E-state index contributed by atoms with van der Waals surface area (Å²) >= 11 is 0. The zero-order valence-corrected chi connectivity index (χ0v) is 10.2. The van der Waals surface area contributed by atoms with Crippen molar-refractivity contribution in [3.8, 4) is 0 Å². The van der Waals surface area contributed by atoms with Gasteiger partial charge < -0.3 is 10.1 Å². The first-order chi connectivity index (χ1) is 9.13. The highest BCUT2D eigenvalue weighted by Gasteiger charge is 2.33.